The summed E-state index contributed by atoms with van der Waals surface area (Å²) < 4.78 is 0. The first kappa shape index (κ1) is 15.8. The van der Waals surface area contributed by atoms with Crippen LogP contribution in [0.15, 0.2) is 0 Å². The molecule has 126 valence electrons. The van der Waals surface area contributed by atoms with E-state index in [-0.39, 0.29) is 17.7 Å². The van der Waals surface area contributed by atoms with Crippen LogP contribution in [-0.2, 0) is 19.2 Å². The van der Waals surface area contributed by atoms with Gasteiger partial charge in [0.05, 0.1) is 0 Å². The van der Waals surface area contributed by atoms with Gasteiger partial charge in [-0.15, -0.1) is 0 Å². The maximum Gasteiger partial charge on any atom is 0.326 e. The standard InChI is InChI=1S/C15H21N3O5/c19-12-6-5-9(16-12)13(20)17-7-1-3-10(17)14(21)18-8-2-4-11(18)15(22)23/h9-11H,1-8H2,(H,16,19)(H,22,23)/t9-,10-,11-/m0/s1. The Hall–Kier alpha value is -2.12. The maximum absolute atomic E-state index is 12.7. The highest BCUT2D eigenvalue weighted by atomic mass is 16.4. The van der Waals surface area contributed by atoms with Crippen molar-refractivity contribution in [1.29, 1.82) is 0 Å². The van der Waals surface area contributed by atoms with Crippen molar-refractivity contribution in [3.63, 3.8) is 0 Å². The van der Waals surface area contributed by atoms with E-state index in [1.807, 2.05) is 0 Å². The third kappa shape index (κ3) is 2.89. The van der Waals surface area contributed by atoms with Gasteiger partial charge in [-0.2, -0.15) is 0 Å². The van der Waals surface area contributed by atoms with Crippen molar-refractivity contribution in [2.24, 2.45) is 0 Å². The summed E-state index contributed by atoms with van der Waals surface area (Å²) >= 11 is 0. The van der Waals surface area contributed by atoms with E-state index in [0.29, 0.717) is 51.6 Å². The summed E-state index contributed by atoms with van der Waals surface area (Å²) in [5, 5.41) is 11.9. The van der Waals surface area contributed by atoms with Gasteiger partial charge in [-0.3, -0.25) is 14.4 Å². The molecule has 8 heteroatoms. The van der Waals surface area contributed by atoms with Crippen molar-refractivity contribution < 1.29 is 24.3 Å². The van der Waals surface area contributed by atoms with Crippen LogP contribution in [0.2, 0.25) is 0 Å². The molecule has 3 heterocycles. The second-order valence-electron chi connectivity index (χ2n) is 6.38. The Morgan fingerprint density at radius 2 is 1.57 bits per heavy atom. The third-order valence-corrected chi connectivity index (χ3v) is 4.94. The first-order chi connectivity index (χ1) is 11.0. The van der Waals surface area contributed by atoms with Crippen LogP contribution in [0, 0.1) is 0 Å². The van der Waals surface area contributed by atoms with Gasteiger partial charge in [0.2, 0.25) is 17.7 Å². The predicted octanol–water partition coefficient (Wildman–Crippen LogP) is -0.668. The quantitative estimate of drug-likeness (QED) is 0.716. The normalized spacial score (nSPS) is 30.6. The Bertz CT molecular complexity index is 549. The average molecular weight is 323 g/mol. The number of carboxylic acids is 1. The van der Waals surface area contributed by atoms with Gasteiger partial charge in [0.1, 0.15) is 18.1 Å². The molecule has 3 atom stereocenters. The minimum atomic E-state index is -0.991. The Labute approximate surface area is 133 Å². The fourth-order valence-electron chi connectivity index (χ4n) is 3.77. The molecule has 0 saturated carbocycles. The molecule has 0 aliphatic carbocycles. The second-order valence-corrected chi connectivity index (χ2v) is 6.38. The molecule has 3 fully saturated rings. The number of carbonyl (C=O) groups is 4. The van der Waals surface area contributed by atoms with Crippen LogP contribution in [0.3, 0.4) is 0 Å². The molecular weight excluding hydrogens is 302 g/mol. The molecular formula is C15H21N3O5. The minimum Gasteiger partial charge on any atom is -0.480 e. The molecule has 0 aromatic carbocycles. The fourth-order valence-corrected chi connectivity index (χ4v) is 3.77. The number of nitrogens with zero attached hydrogens (tertiary/aromatic N) is 2. The SMILES string of the molecule is O=C1CC[C@@H](C(=O)N2CCC[C@H]2C(=O)N2CCC[C@H]2C(=O)O)N1. The molecule has 0 aromatic heterocycles. The monoisotopic (exact) mass is 323 g/mol. The number of likely N-dealkylation sites (tertiary alicyclic amines) is 2. The number of carboxylic acid groups (broad SMARTS) is 1. The lowest BCUT2D eigenvalue weighted by atomic mass is 10.1. The third-order valence-electron chi connectivity index (χ3n) is 4.94. The molecule has 3 rings (SSSR count). The number of amides is 3. The molecule has 2 N–H and O–H groups in total. The first-order valence-electron chi connectivity index (χ1n) is 8.12. The number of hydrogen-bond acceptors (Lipinski definition) is 4. The Morgan fingerprint density at radius 3 is 2.13 bits per heavy atom. The van der Waals surface area contributed by atoms with E-state index in [9.17, 15) is 24.3 Å². The lowest BCUT2D eigenvalue weighted by Gasteiger charge is -2.31. The van der Waals surface area contributed by atoms with Crippen LogP contribution < -0.4 is 5.32 Å². The highest BCUT2D eigenvalue weighted by molar-refractivity contribution is 5.95. The average Bonchev–Trinajstić information content (AvgIpc) is 3.25. The van der Waals surface area contributed by atoms with E-state index in [1.165, 1.54) is 9.80 Å². The van der Waals surface area contributed by atoms with Crippen LogP contribution in [-0.4, -0.2) is 69.8 Å². The van der Waals surface area contributed by atoms with Gasteiger partial charge in [-0.25, -0.2) is 4.79 Å². The maximum atomic E-state index is 12.7. The molecule has 3 aliphatic rings. The highest BCUT2D eigenvalue weighted by Crippen LogP contribution is 2.26. The van der Waals surface area contributed by atoms with Crippen LogP contribution in [0.4, 0.5) is 0 Å². The van der Waals surface area contributed by atoms with E-state index in [0.717, 1.165) is 0 Å². The van der Waals surface area contributed by atoms with Crippen molar-refractivity contribution in [3.05, 3.63) is 0 Å². The van der Waals surface area contributed by atoms with Crippen LogP contribution >= 0.6 is 0 Å². The summed E-state index contributed by atoms with van der Waals surface area (Å²) in [6.45, 7) is 0.904. The van der Waals surface area contributed by atoms with Gasteiger partial charge >= 0.3 is 5.97 Å². The number of nitrogens with one attached hydrogen (secondary N) is 1. The number of rotatable bonds is 3. The summed E-state index contributed by atoms with van der Waals surface area (Å²) in [4.78, 5) is 50.8. The molecule has 3 saturated heterocycles. The van der Waals surface area contributed by atoms with Crippen LogP contribution in [0.25, 0.3) is 0 Å². The van der Waals surface area contributed by atoms with Gasteiger partial charge in [-0.05, 0) is 32.1 Å². The predicted molar refractivity (Wildman–Crippen MR) is 78.3 cm³/mol. The summed E-state index contributed by atoms with van der Waals surface area (Å²) in [6, 6.07) is -1.93. The molecule has 0 spiro atoms. The van der Waals surface area contributed by atoms with E-state index in [1.54, 1.807) is 0 Å². The highest BCUT2D eigenvalue weighted by Gasteiger charge is 2.44. The zero-order valence-corrected chi connectivity index (χ0v) is 12.9. The van der Waals surface area contributed by atoms with Crippen molar-refractivity contribution in [1.82, 2.24) is 15.1 Å². The molecule has 23 heavy (non-hydrogen) atoms. The second kappa shape index (κ2) is 6.17. The molecule has 0 unspecified atom stereocenters. The van der Waals surface area contributed by atoms with E-state index >= 15 is 0 Å². The Balaban J connectivity index is 1.71. The smallest absolute Gasteiger partial charge is 0.326 e. The zero-order chi connectivity index (χ0) is 16.6. The van der Waals surface area contributed by atoms with Gasteiger partial charge in [0.25, 0.3) is 0 Å². The van der Waals surface area contributed by atoms with Crippen molar-refractivity contribution in [2.75, 3.05) is 13.1 Å². The van der Waals surface area contributed by atoms with Gasteiger partial charge < -0.3 is 20.2 Å². The summed E-state index contributed by atoms with van der Waals surface area (Å²) in [5.41, 5.74) is 0. The molecule has 0 bridgehead atoms. The van der Waals surface area contributed by atoms with Crippen LogP contribution in [0.1, 0.15) is 38.5 Å². The summed E-state index contributed by atoms with van der Waals surface area (Å²) in [6.07, 6.45) is 3.18. The summed E-state index contributed by atoms with van der Waals surface area (Å²) in [5.74, 6) is -1.63. The molecule has 3 amide bonds. The first-order valence-corrected chi connectivity index (χ1v) is 8.12. The zero-order valence-electron chi connectivity index (χ0n) is 12.9. The Kier molecular flexibility index (Phi) is 4.23. The fraction of sp³-hybridized carbons (Fsp3) is 0.733. The number of hydrogen-bond donors (Lipinski definition) is 2. The van der Waals surface area contributed by atoms with Crippen LogP contribution in [0.5, 0.6) is 0 Å². The topological polar surface area (TPSA) is 107 Å². The van der Waals surface area contributed by atoms with Crippen molar-refractivity contribution in [3.8, 4) is 0 Å². The number of aliphatic carboxylic acids is 1. The number of carbonyl (C=O) groups excluding carboxylic acids is 3. The van der Waals surface area contributed by atoms with Crippen molar-refractivity contribution >= 4 is 23.7 Å². The van der Waals surface area contributed by atoms with Gasteiger partial charge in [0.15, 0.2) is 0 Å². The molecule has 0 radical (unpaired) electrons. The lowest BCUT2D eigenvalue weighted by Crippen LogP contribution is -2.54. The molecule has 8 nitrogen and oxygen atoms in total. The lowest BCUT2D eigenvalue weighted by molar-refractivity contribution is -0.152. The van der Waals surface area contributed by atoms with E-state index < -0.39 is 24.1 Å². The van der Waals surface area contributed by atoms with E-state index in [4.69, 9.17) is 0 Å². The van der Waals surface area contributed by atoms with Gasteiger partial charge in [-0.1, -0.05) is 0 Å². The summed E-state index contributed by atoms with van der Waals surface area (Å²) in [7, 11) is 0. The van der Waals surface area contributed by atoms with Crippen molar-refractivity contribution in [2.45, 2.75) is 56.7 Å². The largest absolute Gasteiger partial charge is 0.480 e. The van der Waals surface area contributed by atoms with E-state index in [2.05, 4.69) is 5.32 Å². The molecule has 0 aromatic rings. The minimum absolute atomic E-state index is 0.143. The van der Waals surface area contributed by atoms with Gasteiger partial charge in [0, 0.05) is 19.5 Å². The Morgan fingerprint density at radius 1 is 0.957 bits per heavy atom. The molecule has 3 aliphatic heterocycles.